The predicted octanol–water partition coefficient (Wildman–Crippen LogP) is 4.60. The topological polar surface area (TPSA) is 73.1 Å². The first-order valence-electron chi connectivity index (χ1n) is 11.8. The number of amides is 1. The summed E-state index contributed by atoms with van der Waals surface area (Å²) in [5.74, 6) is 0.885. The second-order valence-corrected chi connectivity index (χ2v) is 9.07. The Kier molecular flexibility index (Phi) is 6.06. The van der Waals surface area contributed by atoms with Crippen molar-refractivity contribution in [3.63, 3.8) is 0 Å². The molecule has 7 heteroatoms. The van der Waals surface area contributed by atoms with Crippen LogP contribution in [0.3, 0.4) is 0 Å². The average Bonchev–Trinajstić information content (AvgIpc) is 3.51. The molecule has 0 spiro atoms. The Morgan fingerprint density at radius 2 is 1.78 bits per heavy atom. The van der Waals surface area contributed by atoms with E-state index in [0.717, 1.165) is 53.7 Å². The minimum absolute atomic E-state index is 0.162. The van der Waals surface area contributed by atoms with Crippen LogP contribution in [0.4, 0.5) is 0 Å². The van der Waals surface area contributed by atoms with Gasteiger partial charge in [0.25, 0.3) is 5.91 Å². The number of rotatable bonds is 6. The van der Waals surface area contributed by atoms with E-state index in [1.54, 1.807) is 19.6 Å². The zero-order valence-corrected chi connectivity index (χ0v) is 18.7. The third-order valence-corrected chi connectivity index (χ3v) is 7.08. The number of hydrogen-bond acceptors (Lipinski definition) is 5. The predicted molar refractivity (Wildman–Crippen MR) is 123 cm³/mol. The number of ether oxygens (including phenoxy) is 1. The Morgan fingerprint density at radius 1 is 1.06 bits per heavy atom. The molecule has 2 aromatic heterocycles. The van der Waals surface area contributed by atoms with Gasteiger partial charge in [-0.2, -0.15) is 0 Å². The Hall–Kier alpha value is -2.96. The van der Waals surface area contributed by atoms with Gasteiger partial charge in [-0.1, -0.05) is 38.2 Å². The molecule has 0 N–H and O–H groups in total. The molecule has 2 aliphatic rings. The van der Waals surface area contributed by atoms with Crippen LogP contribution < -0.4 is 4.74 Å². The number of methoxy groups -OCH3 is 1. The van der Waals surface area contributed by atoms with Gasteiger partial charge in [0, 0.05) is 23.2 Å². The van der Waals surface area contributed by atoms with Crippen LogP contribution in [-0.4, -0.2) is 49.5 Å². The summed E-state index contributed by atoms with van der Waals surface area (Å²) in [7, 11) is 1.66. The summed E-state index contributed by atoms with van der Waals surface area (Å²) >= 11 is 0. The van der Waals surface area contributed by atoms with E-state index in [-0.39, 0.29) is 5.91 Å². The fourth-order valence-electron chi connectivity index (χ4n) is 5.44. The molecule has 0 bridgehead atoms. The second-order valence-electron chi connectivity index (χ2n) is 9.07. The Labute approximate surface area is 188 Å². The van der Waals surface area contributed by atoms with E-state index in [1.807, 2.05) is 22.8 Å². The maximum atomic E-state index is 13.7. The highest BCUT2D eigenvalue weighted by atomic mass is 16.5. The number of carbonyl (C=O) groups excluding carboxylic acids is 1. The van der Waals surface area contributed by atoms with Crippen molar-refractivity contribution in [3.8, 4) is 5.75 Å². The molecule has 0 saturated heterocycles. The standard InChI is InChI=1S/C25H31N5O2/c1-32-23-13-18(11-12-19(23)15-29-17-28-22-14-26-16-27-24(22)29)25(31)30(21-9-5-6-10-21)20-7-3-2-4-8-20/h11-14,16-17,20-21H,2-10,15H2,1H3. The second kappa shape index (κ2) is 9.27. The summed E-state index contributed by atoms with van der Waals surface area (Å²) in [6.07, 6.45) is 15.7. The molecule has 3 aromatic rings. The van der Waals surface area contributed by atoms with Gasteiger partial charge in [-0.15, -0.1) is 0 Å². The van der Waals surface area contributed by atoms with Gasteiger partial charge in [-0.25, -0.2) is 15.0 Å². The van der Waals surface area contributed by atoms with E-state index in [1.165, 1.54) is 38.4 Å². The summed E-state index contributed by atoms with van der Waals surface area (Å²) in [6, 6.07) is 6.64. The minimum atomic E-state index is 0.162. The SMILES string of the molecule is COc1cc(C(=O)N(C2CCCCC2)C2CCCC2)ccc1Cn1cnc2cncnc21. The van der Waals surface area contributed by atoms with Crippen LogP contribution in [0.5, 0.6) is 5.75 Å². The molecule has 2 aliphatic carbocycles. The van der Waals surface area contributed by atoms with Gasteiger partial charge >= 0.3 is 0 Å². The van der Waals surface area contributed by atoms with E-state index in [2.05, 4.69) is 19.9 Å². The fraction of sp³-hybridized carbons (Fsp3) is 0.520. The van der Waals surface area contributed by atoms with Crippen molar-refractivity contribution in [2.45, 2.75) is 76.4 Å². The van der Waals surface area contributed by atoms with E-state index >= 15 is 0 Å². The van der Waals surface area contributed by atoms with E-state index in [9.17, 15) is 4.79 Å². The maximum Gasteiger partial charge on any atom is 0.254 e. The van der Waals surface area contributed by atoms with Crippen molar-refractivity contribution in [2.75, 3.05) is 7.11 Å². The van der Waals surface area contributed by atoms with Gasteiger partial charge in [0.15, 0.2) is 5.65 Å². The van der Waals surface area contributed by atoms with Crippen molar-refractivity contribution in [2.24, 2.45) is 0 Å². The fourth-order valence-corrected chi connectivity index (χ4v) is 5.44. The number of aromatic nitrogens is 4. The summed E-state index contributed by atoms with van der Waals surface area (Å²) in [6.45, 7) is 0.570. The van der Waals surface area contributed by atoms with Gasteiger partial charge < -0.3 is 14.2 Å². The number of hydrogen-bond donors (Lipinski definition) is 0. The molecule has 2 saturated carbocycles. The lowest BCUT2D eigenvalue weighted by Gasteiger charge is -2.39. The van der Waals surface area contributed by atoms with Gasteiger partial charge in [0.2, 0.25) is 0 Å². The molecule has 168 valence electrons. The van der Waals surface area contributed by atoms with Crippen molar-refractivity contribution in [1.82, 2.24) is 24.4 Å². The zero-order valence-electron chi connectivity index (χ0n) is 18.7. The van der Waals surface area contributed by atoms with Gasteiger partial charge in [0.1, 0.15) is 17.6 Å². The lowest BCUT2D eigenvalue weighted by molar-refractivity contribution is 0.0517. The van der Waals surface area contributed by atoms with Crippen LogP contribution in [0.15, 0.2) is 37.1 Å². The number of imidazole rings is 1. The minimum Gasteiger partial charge on any atom is -0.496 e. The van der Waals surface area contributed by atoms with Crippen molar-refractivity contribution in [1.29, 1.82) is 0 Å². The number of fused-ring (bicyclic) bond motifs is 1. The third kappa shape index (κ3) is 4.08. The Morgan fingerprint density at radius 3 is 2.50 bits per heavy atom. The molecule has 7 nitrogen and oxygen atoms in total. The third-order valence-electron chi connectivity index (χ3n) is 7.08. The molecule has 5 rings (SSSR count). The number of carbonyl (C=O) groups is 1. The number of benzene rings is 1. The molecule has 2 heterocycles. The maximum absolute atomic E-state index is 13.7. The lowest BCUT2D eigenvalue weighted by Crippen LogP contribution is -2.47. The van der Waals surface area contributed by atoms with Crippen LogP contribution in [0, 0.1) is 0 Å². The summed E-state index contributed by atoms with van der Waals surface area (Å²) in [5.41, 5.74) is 3.26. The highest BCUT2D eigenvalue weighted by Crippen LogP contribution is 2.33. The quantitative estimate of drug-likeness (QED) is 0.568. The first-order valence-corrected chi connectivity index (χ1v) is 11.8. The molecule has 1 aromatic carbocycles. The molecule has 1 amide bonds. The molecule has 32 heavy (non-hydrogen) atoms. The van der Waals surface area contributed by atoms with Crippen LogP contribution in [0.25, 0.3) is 11.2 Å². The largest absolute Gasteiger partial charge is 0.496 e. The normalized spacial score (nSPS) is 17.7. The molecule has 0 radical (unpaired) electrons. The van der Waals surface area contributed by atoms with Crippen molar-refractivity contribution >= 4 is 17.1 Å². The molecule has 0 unspecified atom stereocenters. The summed E-state index contributed by atoms with van der Waals surface area (Å²) in [5, 5.41) is 0. The first kappa shape index (κ1) is 20.9. The van der Waals surface area contributed by atoms with Gasteiger partial charge in [-0.05, 0) is 37.8 Å². The number of nitrogens with zero attached hydrogens (tertiary/aromatic N) is 5. The Balaban J connectivity index is 1.42. The highest BCUT2D eigenvalue weighted by Gasteiger charge is 2.34. The zero-order chi connectivity index (χ0) is 21.9. The first-order chi connectivity index (χ1) is 15.7. The van der Waals surface area contributed by atoms with E-state index in [4.69, 9.17) is 4.74 Å². The van der Waals surface area contributed by atoms with Crippen LogP contribution in [-0.2, 0) is 6.54 Å². The lowest BCUT2D eigenvalue weighted by atomic mass is 9.92. The monoisotopic (exact) mass is 433 g/mol. The van der Waals surface area contributed by atoms with Gasteiger partial charge in [-0.3, -0.25) is 4.79 Å². The van der Waals surface area contributed by atoms with E-state index in [0.29, 0.717) is 18.6 Å². The summed E-state index contributed by atoms with van der Waals surface area (Å²) < 4.78 is 7.69. The van der Waals surface area contributed by atoms with Crippen molar-refractivity contribution < 1.29 is 9.53 Å². The smallest absolute Gasteiger partial charge is 0.254 e. The van der Waals surface area contributed by atoms with Gasteiger partial charge in [0.05, 0.1) is 26.2 Å². The molecular weight excluding hydrogens is 402 g/mol. The summed E-state index contributed by atoms with van der Waals surface area (Å²) in [4.78, 5) is 28.7. The molecule has 0 aliphatic heterocycles. The van der Waals surface area contributed by atoms with Crippen LogP contribution in [0.2, 0.25) is 0 Å². The Bertz CT molecular complexity index is 1080. The molecular formula is C25H31N5O2. The molecule has 2 fully saturated rings. The van der Waals surface area contributed by atoms with Crippen molar-refractivity contribution in [3.05, 3.63) is 48.2 Å². The van der Waals surface area contributed by atoms with Crippen LogP contribution >= 0.6 is 0 Å². The average molecular weight is 434 g/mol. The van der Waals surface area contributed by atoms with E-state index < -0.39 is 0 Å². The highest BCUT2D eigenvalue weighted by molar-refractivity contribution is 5.95. The van der Waals surface area contributed by atoms with Crippen LogP contribution in [0.1, 0.15) is 73.7 Å². The molecule has 0 atom stereocenters.